The van der Waals surface area contributed by atoms with Crippen LogP contribution in [0.25, 0.3) is 0 Å². The topological polar surface area (TPSA) is 72.0 Å². The van der Waals surface area contributed by atoms with Crippen molar-refractivity contribution in [3.8, 4) is 6.01 Å². The van der Waals surface area contributed by atoms with Gasteiger partial charge in [-0.1, -0.05) is 17.7 Å². The molecule has 1 heterocycles. The Hall–Kier alpha value is -2.08. The number of nitrogens with one attached hydrogen (secondary N) is 2. The first-order valence-electron chi connectivity index (χ1n) is 6.22. The third-order valence-electron chi connectivity index (χ3n) is 2.56. The van der Waals surface area contributed by atoms with Gasteiger partial charge >= 0.3 is 6.01 Å². The van der Waals surface area contributed by atoms with E-state index in [9.17, 15) is 0 Å². The van der Waals surface area contributed by atoms with Crippen molar-refractivity contribution < 1.29 is 4.74 Å². The van der Waals surface area contributed by atoms with E-state index in [4.69, 9.17) is 16.3 Å². The van der Waals surface area contributed by atoms with E-state index in [0.29, 0.717) is 23.5 Å². The van der Waals surface area contributed by atoms with E-state index < -0.39 is 0 Å². The van der Waals surface area contributed by atoms with E-state index in [-0.39, 0.29) is 6.01 Å². The highest BCUT2D eigenvalue weighted by molar-refractivity contribution is 6.30. The molecule has 0 amide bonds. The lowest BCUT2D eigenvalue weighted by Crippen LogP contribution is -2.07. The molecule has 0 aliphatic heterocycles. The molecule has 1 aromatic carbocycles. The molecular weight excluding hydrogens is 278 g/mol. The van der Waals surface area contributed by atoms with Crippen LogP contribution in [0.5, 0.6) is 6.01 Å². The molecule has 0 saturated carbocycles. The fourth-order valence-corrected chi connectivity index (χ4v) is 1.74. The summed E-state index contributed by atoms with van der Waals surface area (Å²) in [5.41, 5.74) is 1.88. The number of ether oxygens (including phenoxy) is 1. The van der Waals surface area contributed by atoms with Crippen LogP contribution >= 0.6 is 11.6 Å². The number of aromatic nitrogens is 3. The van der Waals surface area contributed by atoms with E-state index in [0.717, 1.165) is 11.3 Å². The molecule has 0 atom stereocenters. The fourth-order valence-electron chi connectivity index (χ4n) is 1.57. The Labute approximate surface area is 122 Å². The van der Waals surface area contributed by atoms with Crippen molar-refractivity contribution >= 4 is 29.2 Å². The zero-order valence-corrected chi connectivity index (χ0v) is 12.3. The van der Waals surface area contributed by atoms with E-state index in [1.54, 1.807) is 7.05 Å². The zero-order valence-electron chi connectivity index (χ0n) is 11.6. The molecule has 6 nitrogen and oxygen atoms in total. The van der Waals surface area contributed by atoms with Gasteiger partial charge in [0.2, 0.25) is 11.9 Å². The van der Waals surface area contributed by atoms with Crippen molar-refractivity contribution in [2.45, 2.75) is 13.8 Å². The van der Waals surface area contributed by atoms with Crippen LogP contribution in [0.1, 0.15) is 12.5 Å². The van der Waals surface area contributed by atoms with Gasteiger partial charge in [-0.05, 0) is 31.5 Å². The molecule has 20 heavy (non-hydrogen) atoms. The van der Waals surface area contributed by atoms with Crippen LogP contribution in [0.2, 0.25) is 5.02 Å². The molecule has 2 rings (SSSR count). The number of nitrogens with zero attached hydrogens (tertiary/aromatic N) is 3. The fraction of sp³-hybridized carbons (Fsp3) is 0.308. The van der Waals surface area contributed by atoms with Gasteiger partial charge < -0.3 is 15.4 Å². The van der Waals surface area contributed by atoms with Crippen LogP contribution in [-0.4, -0.2) is 28.6 Å². The molecule has 2 aromatic rings. The summed E-state index contributed by atoms with van der Waals surface area (Å²) in [5, 5.41) is 6.63. The van der Waals surface area contributed by atoms with Gasteiger partial charge in [0.1, 0.15) is 0 Å². The summed E-state index contributed by atoms with van der Waals surface area (Å²) in [5.74, 6) is 0.837. The number of hydrogen-bond acceptors (Lipinski definition) is 6. The monoisotopic (exact) mass is 293 g/mol. The van der Waals surface area contributed by atoms with Crippen LogP contribution in [0.4, 0.5) is 17.6 Å². The minimum atomic E-state index is 0.272. The lowest BCUT2D eigenvalue weighted by molar-refractivity contribution is 0.312. The normalized spacial score (nSPS) is 10.2. The highest BCUT2D eigenvalue weighted by Gasteiger charge is 2.08. The van der Waals surface area contributed by atoms with Gasteiger partial charge in [-0.3, -0.25) is 0 Å². The smallest absolute Gasteiger partial charge is 0.323 e. The number of rotatable bonds is 5. The molecule has 106 valence electrons. The number of aryl methyl sites for hydroxylation is 1. The highest BCUT2D eigenvalue weighted by Crippen LogP contribution is 2.23. The third-order valence-corrected chi connectivity index (χ3v) is 2.79. The Bertz CT molecular complexity index is 605. The Kier molecular flexibility index (Phi) is 4.57. The van der Waals surface area contributed by atoms with E-state index in [1.165, 1.54) is 0 Å². The molecular formula is C13H16ClN5O. The summed E-state index contributed by atoms with van der Waals surface area (Å²) in [6, 6.07) is 5.85. The lowest BCUT2D eigenvalue weighted by atomic mass is 10.2. The van der Waals surface area contributed by atoms with Crippen molar-refractivity contribution in [1.29, 1.82) is 0 Å². The average Bonchev–Trinajstić information content (AvgIpc) is 2.43. The first kappa shape index (κ1) is 14.3. The van der Waals surface area contributed by atoms with Crippen molar-refractivity contribution in [3.05, 3.63) is 28.8 Å². The average molecular weight is 294 g/mol. The number of benzene rings is 1. The predicted molar refractivity (Wildman–Crippen MR) is 80.0 cm³/mol. The third kappa shape index (κ3) is 3.48. The highest BCUT2D eigenvalue weighted by atomic mass is 35.5. The van der Waals surface area contributed by atoms with Crippen molar-refractivity contribution in [1.82, 2.24) is 15.0 Å². The second-order valence-electron chi connectivity index (χ2n) is 4.03. The Morgan fingerprint density at radius 1 is 1.20 bits per heavy atom. The van der Waals surface area contributed by atoms with E-state index >= 15 is 0 Å². The summed E-state index contributed by atoms with van der Waals surface area (Å²) >= 11 is 5.99. The van der Waals surface area contributed by atoms with Crippen LogP contribution < -0.4 is 15.4 Å². The summed E-state index contributed by atoms with van der Waals surface area (Å²) in [7, 11) is 1.74. The Balaban J connectivity index is 2.32. The maximum atomic E-state index is 5.99. The first-order chi connectivity index (χ1) is 9.62. The molecule has 2 N–H and O–H groups in total. The molecule has 0 aliphatic rings. The largest absolute Gasteiger partial charge is 0.464 e. The van der Waals surface area contributed by atoms with Crippen LogP contribution in [0.3, 0.4) is 0 Å². The zero-order chi connectivity index (χ0) is 14.5. The minimum absolute atomic E-state index is 0.272. The maximum Gasteiger partial charge on any atom is 0.323 e. The van der Waals surface area contributed by atoms with Crippen molar-refractivity contribution in [3.63, 3.8) is 0 Å². The predicted octanol–water partition coefficient (Wildman–Crippen LogP) is 3.02. The molecule has 1 aromatic heterocycles. The number of halogens is 1. The quantitative estimate of drug-likeness (QED) is 0.883. The standard InChI is InChI=1S/C13H16ClN5O/c1-4-20-13-18-11(15-3)17-12(19-13)16-10-7-9(14)6-5-8(10)2/h5-7H,4H2,1-3H3,(H2,15,16,17,18,19). The maximum absolute atomic E-state index is 5.99. The molecule has 0 fully saturated rings. The molecule has 0 spiro atoms. The molecule has 0 aliphatic carbocycles. The summed E-state index contributed by atoms with van der Waals surface area (Å²) < 4.78 is 5.31. The lowest BCUT2D eigenvalue weighted by Gasteiger charge is -2.10. The molecule has 0 bridgehead atoms. The molecule has 7 heteroatoms. The van der Waals surface area contributed by atoms with Crippen molar-refractivity contribution in [2.75, 3.05) is 24.3 Å². The second kappa shape index (κ2) is 6.38. The van der Waals surface area contributed by atoms with Gasteiger partial charge in [0, 0.05) is 17.8 Å². The molecule has 0 unspecified atom stereocenters. The molecule has 0 radical (unpaired) electrons. The van der Waals surface area contributed by atoms with E-state index in [2.05, 4.69) is 25.6 Å². The van der Waals surface area contributed by atoms with Gasteiger partial charge in [0.15, 0.2) is 0 Å². The first-order valence-corrected chi connectivity index (χ1v) is 6.60. The Morgan fingerprint density at radius 2 is 1.95 bits per heavy atom. The number of anilines is 3. The van der Waals surface area contributed by atoms with Crippen molar-refractivity contribution in [2.24, 2.45) is 0 Å². The van der Waals surface area contributed by atoms with E-state index in [1.807, 2.05) is 32.0 Å². The number of hydrogen-bond donors (Lipinski definition) is 2. The van der Waals surface area contributed by atoms with Crippen LogP contribution in [0, 0.1) is 6.92 Å². The van der Waals surface area contributed by atoms with Gasteiger partial charge in [0.25, 0.3) is 0 Å². The van der Waals surface area contributed by atoms with Gasteiger partial charge in [-0.2, -0.15) is 15.0 Å². The van der Waals surface area contributed by atoms with Gasteiger partial charge in [-0.15, -0.1) is 0 Å². The van der Waals surface area contributed by atoms with Crippen LogP contribution in [-0.2, 0) is 0 Å². The molecule has 0 saturated heterocycles. The van der Waals surface area contributed by atoms with Gasteiger partial charge in [0.05, 0.1) is 6.61 Å². The Morgan fingerprint density at radius 3 is 2.65 bits per heavy atom. The SMILES string of the molecule is CCOc1nc(NC)nc(Nc2cc(Cl)ccc2C)n1. The summed E-state index contributed by atoms with van der Waals surface area (Å²) in [6.45, 7) is 4.34. The summed E-state index contributed by atoms with van der Waals surface area (Å²) in [4.78, 5) is 12.5. The second-order valence-corrected chi connectivity index (χ2v) is 4.47. The summed E-state index contributed by atoms with van der Waals surface area (Å²) in [6.07, 6.45) is 0. The minimum Gasteiger partial charge on any atom is -0.464 e. The van der Waals surface area contributed by atoms with Gasteiger partial charge in [-0.25, -0.2) is 0 Å². The van der Waals surface area contributed by atoms with Crippen LogP contribution in [0.15, 0.2) is 18.2 Å².